The third kappa shape index (κ3) is 9.62. The van der Waals surface area contributed by atoms with Gasteiger partial charge in [-0.2, -0.15) is 0 Å². The molecular weight excluding hydrogens is 468 g/mol. The van der Waals surface area contributed by atoms with E-state index in [1.807, 2.05) is 78.9 Å². The summed E-state index contributed by atoms with van der Waals surface area (Å²) in [6.45, 7) is 0.698. The second-order valence-corrected chi connectivity index (χ2v) is 9.39. The van der Waals surface area contributed by atoms with Gasteiger partial charge in [0.15, 0.2) is 0 Å². The number of carbonyl (C=O) groups is 2. The van der Waals surface area contributed by atoms with Crippen molar-refractivity contribution in [3.63, 3.8) is 0 Å². The molecule has 0 aliphatic rings. The molecule has 0 aliphatic carbocycles. The molecule has 3 rings (SSSR count). The van der Waals surface area contributed by atoms with Gasteiger partial charge in [-0.3, -0.25) is 9.59 Å². The third-order valence-electron chi connectivity index (χ3n) is 6.12. The van der Waals surface area contributed by atoms with Gasteiger partial charge < -0.3 is 15.7 Å². The van der Waals surface area contributed by atoms with E-state index in [0.717, 1.165) is 24.0 Å². The van der Waals surface area contributed by atoms with Gasteiger partial charge in [-0.15, -0.1) is 0 Å². The molecule has 0 unspecified atom stereocenters. The SMILES string of the molecule is O=C(C[C@@H](CCc1ccccc1)C(=O)O)N[C@@H](Cc1ccccc1)C(=S)NCCCc1ccccc1. The topological polar surface area (TPSA) is 78.4 Å². The number of hydrogen-bond donors (Lipinski definition) is 3. The molecule has 0 radical (unpaired) electrons. The third-order valence-corrected chi connectivity index (χ3v) is 6.55. The van der Waals surface area contributed by atoms with Crippen molar-refractivity contribution in [1.82, 2.24) is 10.6 Å². The van der Waals surface area contributed by atoms with Gasteiger partial charge in [0.25, 0.3) is 0 Å². The molecule has 6 heteroatoms. The average Bonchev–Trinajstić information content (AvgIpc) is 2.90. The van der Waals surface area contributed by atoms with Gasteiger partial charge in [0.2, 0.25) is 5.91 Å². The van der Waals surface area contributed by atoms with Crippen LogP contribution in [0.3, 0.4) is 0 Å². The van der Waals surface area contributed by atoms with Crippen molar-refractivity contribution in [2.45, 2.75) is 44.6 Å². The summed E-state index contributed by atoms with van der Waals surface area (Å²) in [5, 5.41) is 16.0. The van der Waals surface area contributed by atoms with Gasteiger partial charge in [0.1, 0.15) is 0 Å². The molecule has 0 spiro atoms. The van der Waals surface area contributed by atoms with Crippen molar-refractivity contribution in [3.05, 3.63) is 108 Å². The molecule has 0 bridgehead atoms. The Morgan fingerprint density at radius 3 is 1.86 bits per heavy atom. The highest BCUT2D eigenvalue weighted by Gasteiger charge is 2.24. The summed E-state index contributed by atoms with van der Waals surface area (Å²) in [4.78, 5) is 25.3. The van der Waals surface area contributed by atoms with Gasteiger partial charge in [-0.25, -0.2) is 0 Å². The predicted molar refractivity (Wildman–Crippen MR) is 148 cm³/mol. The molecule has 0 aliphatic heterocycles. The zero-order chi connectivity index (χ0) is 25.6. The predicted octanol–water partition coefficient (Wildman–Crippen LogP) is 4.99. The maximum atomic E-state index is 12.9. The van der Waals surface area contributed by atoms with Crippen molar-refractivity contribution in [1.29, 1.82) is 0 Å². The van der Waals surface area contributed by atoms with E-state index in [4.69, 9.17) is 12.2 Å². The quantitative estimate of drug-likeness (QED) is 0.214. The summed E-state index contributed by atoms with van der Waals surface area (Å²) in [5.74, 6) is -2.01. The van der Waals surface area contributed by atoms with Crippen LogP contribution < -0.4 is 10.6 Å². The van der Waals surface area contributed by atoms with Crippen LogP contribution in [0.25, 0.3) is 0 Å². The first-order chi connectivity index (χ1) is 17.5. The van der Waals surface area contributed by atoms with Crippen LogP contribution in [0, 0.1) is 5.92 Å². The second-order valence-electron chi connectivity index (χ2n) is 8.95. The van der Waals surface area contributed by atoms with Gasteiger partial charge >= 0.3 is 5.97 Å². The molecule has 3 aromatic rings. The Labute approximate surface area is 219 Å². The second kappa shape index (κ2) is 14.8. The van der Waals surface area contributed by atoms with Crippen LogP contribution in [-0.4, -0.2) is 34.6 Å². The van der Waals surface area contributed by atoms with E-state index >= 15 is 0 Å². The molecule has 0 heterocycles. The number of nitrogens with one attached hydrogen (secondary N) is 2. The highest BCUT2D eigenvalue weighted by Crippen LogP contribution is 2.15. The molecule has 188 valence electrons. The smallest absolute Gasteiger partial charge is 0.307 e. The monoisotopic (exact) mass is 502 g/mol. The van der Waals surface area contributed by atoms with E-state index in [0.29, 0.717) is 30.8 Å². The maximum absolute atomic E-state index is 12.9. The van der Waals surface area contributed by atoms with Gasteiger partial charge in [-0.05, 0) is 48.8 Å². The molecule has 0 aromatic heterocycles. The Hall–Kier alpha value is -3.51. The molecule has 3 aromatic carbocycles. The van der Waals surface area contributed by atoms with Crippen LogP contribution in [0.5, 0.6) is 0 Å². The summed E-state index contributed by atoms with van der Waals surface area (Å²) < 4.78 is 0. The molecule has 5 nitrogen and oxygen atoms in total. The number of aryl methyl sites for hydroxylation is 2. The standard InChI is InChI=1S/C30H34N2O3S/c33-28(22-26(30(34)35)19-18-24-13-6-2-7-14-24)32-27(21-25-15-8-3-9-16-25)29(36)31-20-10-17-23-11-4-1-5-12-23/h1-9,11-16,26-27H,10,17-22H2,(H,31,36)(H,32,33)(H,34,35)/t26-,27+/m1/s1. The van der Waals surface area contributed by atoms with E-state index in [-0.39, 0.29) is 12.3 Å². The van der Waals surface area contributed by atoms with E-state index in [9.17, 15) is 14.7 Å². The molecule has 0 fully saturated rings. The number of carbonyl (C=O) groups excluding carboxylic acids is 1. The highest BCUT2D eigenvalue weighted by molar-refractivity contribution is 7.80. The Morgan fingerprint density at radius 1 is 0.778 bits per heavy atom. The normalized spacial score (nSPS) is 12.3. The summed E-state index contributed by atoms with van der Waals surface area (Å²) in [5.41, 5.74) is 3.39. The molecule has 0 saturated heterocycles. The van der Waals surface area contributed by atoms with Crippen molar-refractivity contribution in [2.75, 3.05) is 6.54 Å². The fourth-order valence-corrected chi connectivity index (χ4v) is 4.35. The minimum atomic E-state index is -0.956. The van der Waals surface area contributed by atoms with E-state index < -0.39 is 17.9 Å². The van der Waals surface area contributed by atoms with Crippen molar-refractivity contribution in [3.8, 4) is 0 Å². The lowest BCUT2D eigenvalue weighted by Crippen LogP contribution is -2.47. The first-order valence-corrected chi connectivity index (χ1v) is 12.8. The molecule has 0 saturated carbocycles. The fraction of sp³-hybridized carbons (Fsp3) is 0.300. The van der Waals surface area contributed by atoms with Crippen LogP contribution >= 0.6 is 12.2 Å². The Balaban J connectivity index is 1.56. The van der Waals surface area contributed by atoms with Gasteiger partial charge in [-0.1, -0.05) is 103 Å². The number of hydrogen-bond acceptors (Lipinski definition) is 3. The van der Waals surface area contributed by atoms with Gasteiger partial charge in [0.05, 0.1) is 16.9 Å². The summed E-state index contributed by atoms with van der Waals surface area (Å²) in [6, 6.07) is 29.4. The summed E-state index contributed by atoms with van der Waals surface area (Å²) in [6.07, 6.45) is 3.33. The molecule has 2 atom stereocenters. The Morgan fingerprint density at radius 2 is 1.31 bits per heavy atom. The highest BCUT2D eigenvalue weighted by atomic mass is 32.1. The number of thiocarbonyl (C=S) groups is 1. The van der Waals surface area contributed by atoms with Crippen molar-refractivity contribution < 1.29 is 14.7 Å². The minimum absolute atomic E-state index is 0.0793. The first kappa shape index (κ1) is 27.1. The van der Waals surface area contributed by atoms with Gasteiger partial charge in [0, 0.05) is 13.0 Å². The van der Waals surface area contributed by atoms with Crippen LogP contribution in [0.15, 0.2) is 91.0 Å². The fourth-order valence-electron chi connectivity index (χ4n) is 4.11. The number of carboxylic acid groups (broad SMARTS) is 1. The first-order valence-electron chi connectivity index (χ1n) is 12.4. The average molecular weight is 503 g/mol. The van der Waals surface area contributed by atoms with E-state index in [2.05, 4.69) is 22.8 Å². The lowest BCUT2D eigenvalue weighted by molar-refractivity contribution is -0.144. The Bertz CT molecular complexity index is 1090. The van der Waals surface area contributed by atoms with E-state index in [1.54, 1.807) is 0 Å². The minimum Gasteiger partial charge on any atom is -0.481 e. The van der Waals surface area contributed by atoms with Crippen molar-refractivity contribution in [2.24, 2.45) is 5.92 Å². The number of carboxylic acids is 1. The zero-order valence-electron chi connectivity index (χ0n) is 20.4. The number of aliphatic carboxylic acids is 1. The van der Waals surface area contributed by atoms with Crippen LogP contribution in [-0.2, 0) is 28.9 Å². The number of amides is 1. The van der Waals surface area contributed by atoms with Crippen molar-refractivity contribution >= 4 is 29.1 Å². The molecular formula is C30H34N2O3S. The molecule has 1 amide bonds. The zero-order valence-corrected chi connectivity index (χ0v) is 21.3. The maximum Gasteiger partial charge on any atom is 0.307 e. The number of benzene rings is 3. The molecule has 36 heavy (non-hydrogen) atoms. The largest absolute Gasteiger partial charge is 0.481 e. The van der Waals surface area contributed by atoms with Crippen LogP contribution in [0.4, 0.5) is 0 Å². The summed E-state index contributed by atoms with van der Waals surface area (Å²) >= 11 is 5.66. The lowest BCUT2D eigenvalue weighted by atomic mass is 9.96. The Kier molecular flexibility index (Phi) is 11.1. The lowest BCUT2D eigenvalue weighted by Gasteiger charge is -2.22. The van der Waals surface area contributed by atoms with Crippen LogP contribution in [0.2, 0.25) is 0 Å². The molecule has 3 N–H and O–H groups in total. The number of rotatable bonds is 14. The van der Waals surface area contributed by atoms with Crippen LogP contribution in [0.1, 0.15) is 36.0 Å². The van der Waals surface area contributed by atoms with E-state index in [1.165, 1.54) is 5.56 Å². The summed E-state index contributed by atoms with van der Waals surface area (Å²) in [7, 11) is 0.